The van der Waals surface area contributed by atoms with Crippen LogP contribution in [0.5, 0.6) is 0 Å². The molecule has 0 radical (unpaired) electrons. The lowest BCUT2D eigenvalue weighted by atomic mass is 9.91. The molecule has 0 aliphatic carbocycles. The van der Waals surface area contributed by atoms with E-state index in [2.05, 4.69) is 19.9 Å². The summed E-state index contributed by atoms with van der Waals surface area (Å²) in [6.07, 6.45) is 3.26. The highest BCUT2D eigenvalue weighted by Gasteiger charge is 2.18. The molecule has 0 amide bonds. The highest BCUT2D eigenvalue weighted by atomic mass is 35.5. The molecule has 0 bridgehead atoms. The van der Waals surface area contributed by atoms with Crippen molar-refractivity contribution < 1.29 is 0 Å². The van der Waals surface area contributed by atoms with Crippen molar-refractivity contribution in [3.63, 3.8) is 0 Å². The third-order valence-corrected chi connectivity index (χ3v) is 3.48. The topological polar surface area (TPSA) is 0 Å². The van der Waals surface area contributed by atoms with Gasteiger partial charge in [0.1, 0.15) is 0 Å². The summed E-state index contributed by atoms with van der Waals surface area (Å²) in [5, 5.41) is 1.02. The Morgan fingerprint density at radius 2 is 2.00 bits per heavy atom. The van der Waals surface area contributed by atoms with Gasteiger partial charge in [-0.25, -0.2) is 0 Å². The standard InChI is InChI=1S/C13H18Cl2/c1-3-6-13(15)12(4-2)10-7-5-8-11(14)9-10/h5,7-9,12-13H,3-4,6H2,1-2H3. The van der Waals surface area contributed by atoms with Crippen molar-refractivity contribution in [2.75, 3.05) is 0 Å². The molecule has 15 heavy (non-hydrogen) atoms. The van der Waals surface area contributed by atoms with Gasteiger partial charge in [-0.2, -0.15) is 0 Å². The van der Waals surface area contributed by atoms with Crippen molar-refractivity contribution in [2.45, 2.75) is 44.4 Å². The second-order valence-corrected chi connectivity index (χ2v) is 4.87. The zero-order valence-corrected chi connectivity index (χ0v) is 10.9. The third kappa shape index (κ3) is 3.70. The lowest BCUT2D eigenvalue weighted by Gasteiger charge is -2.21. The van der Waals surface area contributed by atoms with E-state index in [1.807, 2.05) is 18.2 Å². The molecule has 0 saturated heterocycles. The molecular formula is C13H18Cl2. The van der Waals surface area contributed by atoms with Crippen LogP contribution in [0.2, 0.25) is 5.02 Å². The number of rotatable bonds is 5. The summed E-state index contributed by atoms with van der Waals surface area (Å²) in [6, 6.07) is 8.04. The van der Waals surface area contributed by atoms with E-state index in [9.17, 15) is 0 Å². The molecule has 1 rings (SSSR count). The summed E-state index contributed by atoms with van der Waals surface area (Å²) in [7, 11) is 0. The molecule has 1 aromatic carbocycles. The van der Waals surface area contributed by atoms with Crippen molar-refractivity contribution in [1.29, 1.82) is 0 Å². The van der Waals surface area contributed by atoms with Crippen molar-refractivity contribution in [1.82, 2.24) is 0 Å². The molecule has 2 atom stereocenters. The predicted molar refractivity (Wildman–Crippen MR) is 69.0 cm³/mol. The molecular weight excluding hydrogens is 227 g/mol. The number of hydrogen-bond acceptors (Lipinski definition) is 0. The van der Waals surface area contributed by atoms with Crippen LogP contribution in [-0.4, -0.2) is 5.38 Å². The number of benzene rings is 1. The summed E-state index contributed by atoms with van der Waals surface area (Å²) >= 11 is 12.4. The molecule has 0 fully saturated rings. The Hall–Kier alpha value is -0.200. The Morgan fingerprint density at radius 1 is 1.27 bits per heavy atom. The number of alkyl halides is 1. The molecule has 0 aromatic heterocycles. The minimum Gasteiger partial charge on any atom is -0.122 e. The van der Waals surface area contributed by atoms with E-state index in [-0.39, 0.29) is 5.38 Å². The zero-order valence-electron chi connectivity index (χ0n) is 9.34. The van der Waals surface area contributed by atoms with E-state index >= 15 is 0 Å². The first kappa shape index (κ1) is 12.9. The van der Waals surface area contributed by atoms with E-state index in [4.69, 9.17) is 23.2 Å². The summed E-state index contributed by atoms with van der Waals surface area (Å²) in [5.41, 5.74) is 1.26. The fraction of sp³-hybridized carbons (Fsp3) is 0.538. The Balaban J connectivity index is 2.82. The average Bonchev–Trinajstić information content (AvgIpc) is 2.19. The zero-order chi connectivity index (χ0) is 11.3. The van der Waals surface area contributed by atoms with Crippen LogP contribution in [0.4, 0.5) is 0 Å². The predicted octanol–water partition coefficient (Wildman–Crippen LogP) is 5.24. The van der Waals surface area contributed by atoms with E-state index in [1.54, 1.807) is 0 Å². The van der Waals surface area contributed by atoms with Gasteiger partial charge in [0.15, 0.2) is 0 Å². The Kier molecular flexibility index (Phi) is 5.49. The van der Waals surface area contributed by atoms with Gasteiger partial charge in [0.05, 0.1) is 0 Å². The molecule has 1 aromatic rings. The van der Waals surface area contributed by atoms with Gasteiger partial charge in [0.25, 0.3) is 0 Å². The fourth-order valence-corrected chi connectivity index (χ4v) is 2.66. The fourth-order valence-electron chi connectivity index (χ4n) is 1.91. The Bertz CT molecular complexity index is 296. The first-order valence-electron chi connectivity index (χ1n) is 5.58. The van der Waals surface area contributed by atoms with Crippen LogP contribution in [0.15, 0.2) is 24.3 Å². The third-order valence-electron chi connectivity index (χ3n) is 2.72. The largest absolute Gasteiger partial charge is 0.122 e. The van der Waals surface area contributed by atoms with Crippen LogP contribution in [0.25, 0.3) is 0 Å². The first-order valence-corrected chi connectivity index (χ1v) is 6.40. The van der Waals surface area contributed by atoms with Crippen molar-refractivity contribution >= 4 is 23.2 Å². The van der Waals surface area contributed by atoms with Crippen molar-refractivity contribution in [3.05, 3.63) is 34.9 Å². The molecule has 0 aliphatic heterocycles. The van der Waals surface area contributed by atoms with Gasteiger partial charge in [-0.3, -0.25) is 0 Å². The van der Waals surface area contributed by atoms with E-state index in [0.29, 0.717) is 5.92 Å². The van der Waals surface area contributed by atoms with Gasteiger partial charge in [-0.15, -0.1) is 11.6 Å². The number of halogens is 2. The van der Waals surface area contributed by atoms with E-state index in [1.165, 1.54) is 5.56 Å². The monoisotopic (exact) mass is 244 g/mol. The van der Waals surface area contributed by atoms with Crippen molar-refractivity contribution in [3.8, 4) is 0 Å². The maximum absolute atomic E-state index is 6.39. The van der Waals surface area contributed by atoms with Gasteiger partial charge in [0.2, 0.25) is 0 Å². The lowest BCUT2D eigenvalue weighted by molar-refractivity contribution is 0.578. The minimum atomic E-state index is 0.221. The lowest BCUT2D eigenvalue weighted by Crippen LogP contribution is -2.11. The Labute approximate surface area is 103 Å². The molecule has 0 saturated carbocycles. The van der Waals surface area contributed by atoms with Crippen LogP contribution >= 0.6 is 23.2 Å². The molecule has 0 aliphatic rings. The summed E-state index contributed by atoms with van der Waals surface area (Å²) < 4.78 is 0. The Morgan fingerprint density at radius 3 is 2.53 bits per heavy atom. The summed E-state index contributed by atoms with van der Waals surface area (Å²) in [4.78, 5) is 0. The second kappa shape index (κ2) is 6.40. The maximum Gasteiger partial charge on any atom is 0.0408 e. The van der Waals surface area contributed by atoms with Gasteiger partial charge >= 0.3 is 0 Å². The van der Waals surface area contributed by atoms with Crippen LogP contribution in [0.1, 0.15) is 44.6 Å². The second-order valence-electron chi connectivity index (χ2n) is 3.87. The highest BCUT2D eigenvalue weighted by molar-refractivity contribution is 6.30. The smallest absolute Gasteiger partial charge is 0.0408 e. The molecule has 0 heterocycles. The summed E-state index contributed by atoms with van der Waals surface area (Å²) in [6.45, 7) is 4.34. The molecule has 84 valence electrons. The summed E-state index contributed by atoms with van der Waals surface area (Å²) in [5.74, 6) is 0.422. The molecule has 0 N–H and O–H groups in total. The van der Waals surface area contributed by atoms with Gasteiger partial charge in [0, 0.05) is 16.3 Å². The van der Waals surface area contributed by atoms with E-state index in [0.717, 1.165) is 24.3 Å². The van der Waals surface area contributed by atoms with Crippen LogP contribution < -0.4 is 0 Å². The van der Waals surface area contributed by atoms with Gasteiger partial charge in [-0.05, 0) is 30.5 Å². The maximum atomic E-state index is 6.39. The SMILES string of the molecule is CCCC(Cl)C(CC)c1cccc(Cl)c1. The van der Waals surface area contributed by atoms with E-state index < -0.39 is 0 Å². The first-order chi connectivity index (χ1) is 7.19. The molecule has 2 heteroatoms. The minimum absolute atomic E-state index is 0.221. The van der Waals surface area contributed by atoms with Crippen molar-refractivity contribution in [2.24, 2.45) is 0 Å². The van der Waals surface area contributed by atoms with Gasteiger partial charge in [-0.1, -0.05) is 44.0 Å². The average molecular weight is 245 g/mol. The normalized spacial score (nSPS) is 14.9. The molecule has 2 unspecified atom stereocenters. The molecule has 0 nitrogen and oxygen atoms in total. The number of hydrogen-bond donors (Lipinski definition) is 0. The quantitative estimate of drug-likeness (QED) is 0.622. The van der Waals surface area contributed by atoms with Gasteiger partial charge < -0.3 is 0 Å². The molecule has 0 spiro atoms. The highest BCUT2D eigenvalue weighted by Crippen LogP contribution is 2.31. The van der Waals surface area contributed by atoms with Crippen LogP contribution in [0.3, 0.4) is 0 Å². The van der Waals surface area contributed by atoms with Crippen LogP contribution in [0, 0.1) is 0 Å². The van der Waals surface area contributed by atoms with Crippen LogP contribution in [-0.2, 0) is 0 Å².